The van der Waals surface area contributed by atoms with Crippen molar-refractivity contribution in [1.29, 1.82) is 0 Å². The Morgan fingerprint density at radius 3 is 2.64 bits per heavy atom. The highest BCUT2D eigenvalue weighted by molar-refractivity contribution is 5.89. The summed E-state index contributed by atoms with van der Waals surface area (Å²) in [5, 5.41) is 0. The zero-order chi connectivity index (χ0) is 8.69. The summed E-state index contributed by atoms with van der Waals surface area (Å²) in [6, 6.07) is 0. The average Bonchev–Trinajstić information content (AvgIpc) is 1.97. The quantitative estimate of drug-likeness (QED) is 0.491. The van der Waals surface area contributed by atoms with Crippen molar-refractivity contribution in [3.63, 3.8) is 0 Å². The third-order valence-corrected chi connectivity index (χ3v) is 1.03. The van der Waals surface area contributed by atoms with Crippen LogP contribution in [0.2, 0.25) is 0 Å². The number of nitrogens with two attached hydrogens (primary N) is 1. The van der Waals surface area contributed by atoms with Crippen molar-refractivity contribution < 1.29 is 9.53 Å². The van der Waals surface area contributed by atoms with E-state index in [-0.39, 0.29) is 5.76 Å². The fourth-order valence-corrected chi connectivity index (χ4v) is 0.486. The molecule has 0 spiro atoms. The molecule has 0 aromatic carbocycles. The molecular weight excluding hydrogens is 142 g/mol. The first-order valence-electron chi connectivity index (χ1n) is 3.50. The normalized spacial score (nSPS) is 12.0. The first-order chi connectivity index (χ1) is 5.22. The maximum atomic E-state index is 10.5. The van der Waals surface area contributed by atoms with E-state index in [1.54, 1.807) is 13.0 Å². The van der Waals surface area contributed by atoms with Crippen LogP contribution in [0.3, 0.4) is 0 Å². The lowest BCUT2D eigenvalue weighted by Gasteiger charge is -1.98. The summed E-state index contributed by atoms with van der Waals surface area (Å²) in [6.45, 7) is 3.67. The molecule has 0 aromatic heterocycles. The van der Waals surface area contributed by atoms with Crippen LogP contribution in [0.5, 0.6) is 0 Å². The van der Waals surface area contributed by atoms with Crippen LogP contribution in [0.1, 0.15) is 20.3 Å². The number of carbonyl (C=O) groups excluding carboxylic acids is 1. The molecule has 0 bridgehead atoms. The molecule has 3 nitrogen and oxygen atoms in total. The van der Waals surface area contributed by atoms with E-state index < -0.39 is 5.91 Å². The van der Waals surface area contributed by atoms with Gasteiger partial charge in [-0.15, -0.1) is 0 Å². The third-order valence-electron chi connectivity index (χ3n) is 1.03. The first kappa shape index (κ1) is 9.75. The van der Waals surface area contributed by atoms with Gasteiger partial charge in [-0.3, -0.25) is 4.79 Å². The summed E-state index contributed by atoms with van der Waals surface area (Å²) < 4.78 is 4.90. The van der Waals surface area contributed by atoms with E-state index in [0.29, 0.717) is 0 Å². The van der Waals surface area contributed by atoms with Gasteiger partial charge in [-0.05, 0) is 25.5 Å². The Labute approximate surface area is 66.5 Å². The lowest BCUT2D eigenvalue weighted by molar-refractivity contribution is -0.117. The predicted molar refractivity (Wildman–Crippen MR) is 43.5 cm³/mol. The average molecular weight is 155 g/mol. The first-order valence-corrected chi connectivity index (χ1v) is 3.50. The van der Waals surface area contributed by atoms with Crippen LogP contribution in [0.4, 0.5) is 0 Å². The van der Waals surface area contributed by atoms with E-state index in [2.05, 4.69) is 0 Å². The summed E-state index contributed by atoms with van der Waals surface area (Å²) >= 11 is 0. The Balaban J connectivity index is 3.91. The minimum Gasteiger partial charge on any atom is -0.460 e. The highest BCUT2D eigenvalue weighted by Gasteiger charge is 2.00. The molecule has 0 unspecified atom stereocenters. The van der Waals surface area contributed by atoms with Crippen molar-refractivity contribution >= 4 is 5.91 Å². The van der Waals surface area contributed by atoms with Crippen LogP contribution in [0.15, 0.2) is 24.2 Å². The Kier molecular flexibility index (Phi) is 4.90. The van der Waals surface area contributed by atoms with E-state index in [9.17, 15) is 4.79 Å². The van der Waals surface area contributed by atoms with Gasteiger partial charge in [0.1, 0.15) is 0 Å². The van der Waals surface area contributed by atoms with Gasteiger partial charge in [0, 0.05) is 0 Å². The van der Waals surface area contributed by atoms with Crippen molar-refractivity contribution in [2.24, 2.45) is 5.73 Å². The van der Waals surface area contributed by atoms with E-state index in [1.165, 1.54) is 12.3 Å². The monoisotopic (exact) mass is 155 g/mol. The largest absolute Gasteiger partial charge is 0.460 e. The number of rotatable bonds is 4. The third kappa shape index (κ3) is 4.19. The van der Waals surface area contributed by atoms with Crippen molar-refractivity contribution in [3.8, 4) is 0 Å². The molecular formula is C8H13NO2. The number of carbonyl (C=O) groups is 1. The molecule has 2 N–H and O–H groups in total. The van der Waals surface area contributed by atoms with Crippen molar-refractivity contribution in [3.05, 3.63) is 24.2 Å². The molecule has 0 aliphatic rings. The Bertz CT molecular complexity index is 183. The molecule has 0 rings (SSSR count). The zero-order valence-corrected chi connectivity index (χ0v) is 6.83. The van der Waals surface area contributed by atoms with E-state index in [4.69, 9.17) is 10.5 Å². The molecule has 0 heterocycles. The minimum atomic E-state index is -0.548. The summed E-state index contributed by atoms with van der Waals surface area (Å²) in [7, 11) is 0. The number of allylic oxidation sites excluding steroid dienone is 2. The Hall–Kier alpha value is -1.25. The standard InChI is InChI=1S/C8H13NO2/c1-3-5-6-11-7(4-2)8(9)10/h4-6H,3H2,1-2H3,(H2,9,10)/b6-5+,7-4-. The zero-order valence-electron chi connectivity index (χ0n) is 6.83. The molecule has 1 amide bonds. The Morgan fingerprint density at radius 2 is 2.27 bits per heavy atom. The summed E-state index contributed by atoms with van der Waals surface area (Å²) in [4.78, 5) is 10.5. The highest BCUT2D eigenvalue weighted by Crippen LogP contribution is 1.96. The van der Waals surface area contributed by atoms with Crippen molar-refractivity contribution in [2.45, 2.75) is 20.3 Å². The van der Waals surface area contributed by atoms with Gasteiger partial charge in [0.25, 0.3) is 5.91 Å². The summed E-state index contributed by atoms with van der Waals surface area (Å²) in [6.07, 6.45) is 5.66. The van der Waals surface area contributed by atoms with Gasteiger partial charge in [0.15, 0.2) is 5.76 Å². The van der Waals surface area contributed by atoms with Gasteiger partial charge in [0.05, 0.1) is 6.26 Å². The van der Waals surface area contributed by atoms with Gasteiger partial charge in [0.2, 0.25) is 0 Å². The fourth-order valence-electron chi connectivity index (χ4n) is 0.486. The highest BCUT2D eigenvalue weighted by atomic mass is 16.5. The van der Waals surface area contributed by atoms with Crippen LogP contribution in [-0.2, 0) is 9.53 Å². The molecule has 62 valence electrons. The summed E-state index contributed by atoms with van der Waals surface area (Å²) in [5.74, 6) is -0.372. The molecule has 0 saturated carbocycles. The molecule has 0 aliphatic carbocycles. The molecule has 0 saturated heterocycles. The lowest BCUT2D eigenvalue weighted by Crippen LogP contribution is -2.14. The van der Waals surface area contributed by atoms with Gasteiger partial charge in [-0.1, -0.05) is 6.92 Å². The van der Waals surface area contributed by atoms with Crippen molar-refractivity contribution in [1.82, 2.24) is 0 Å². The van der Waals surface area contributed by atoms with E-state index in [1.807, 2.05) is 6.92 Å². The van der Waals surface area contributed by atoms with Gasteiger partial charge in [-0.25, -0.2) is 0 Å². The minimum absolute atomic E-state index is 0.176. The maximum Gasteiger partial charge on any atom is 0.284 e. The molecule has 0 radical (unpaired) electrons. The van der Waals surface area contributed by atoms with Crippen molar-refractivity contribution in [2.75, 3.05) is 0 Å². The van der Waals surface area contributed by atoms with Gasteiger partial charge in [-0.2, -0.15) is 0 Å². The predicted octanol–water partition coefficient (Wildman–Crippen LogP) is 1.32. The topological polar surface area (TPSA) is 52.3 Å². The number of primary amides is 1. The van der Waals surface area contributed by atoms with Gasteiger partial charge >= 0.3 is 0 Å². The van der Waals surface area contributed by atoms with Crippen LogP contribution in [0.25, 0.3) is 0 Å². The molecule has 11 heavy (non-hydrogen) atoms. The van der Waals surface area contributed by atoms with Crippen LogP contribution in [-0.4, -0.2) is 5.91 Å². The second-order valence-corrected chi connectivity index (χ2v) is 1.92. The fraction of sp³-hybridized carbons (Fsp3) is 0.375. The van der Waals surface area contributed by atoms with Crippen LogP contribution in [0, 0.1) is 0 Å². The second kappa shape index (κ2) is 5.53. The lowest BCUT2D eigenvalue weighted by atomic mass is 10.4. The van der Waals surface area contributed by atoms with Crippen LogP contribution < -0.4 is 5.73 Å². The number of amides is 1. The molecule has 0 aliphatic heterocycles. The maximum absolute atomic E-state index is 10.5. The molecule has 0 fully saturated rings. The number of ether oxygens (including phenoxy) is 1. The Morgan fingerprint density at radius 1 is 1.64 bits per heavy atom. The molecule has 0 atom stereocenters. The summed E-state index contributed by atoms with van der Waals surface area (Å²) in [5.41, 5.74) is 4.96. The number of hydrogen-bond acceptors (Lipinski definition) is 2. The second-order valence-electron chi connectivity index (χ2n) is 1.92. The number of hydrogen-bond donors (Lipinski definition) is 1. The van der Waals surface area contributed by atoms with Gasteiger partial charge < -0.3 is 10.5 Å². The van der Waals surface area contributed by atoms with Crippen LogP contribution >= 0.6 is 0 Å². The van der Waals surface area contributed by atoms with E-state index in [0.717, 1.165) is 6.42 Å². The SMILES string of the molecule is C/C=C(\O/C=C/CC)C(N)=O. The molecule has 0 aromatic rings. The van der Waals surface area contributed by atoms with E-state index >= 15 is 0 Å². The molecule has 3 heteroatoms. The smallest absolute Gasteiger partial charge is 0.284 e.